The average molecular weight is 663 g/mol. The van der Waals surface area contributed by atoms with Crippen LogP contribution in [-0.4, -0.2) is 93.5 Å². The molecule has 3 aromatic heterocycles. The number of hydrogen-bond donors (Lipinski definition) is 3. The first-order chi connectivity index (χ1) is 23.7. The first-order valence-electron chi connectivity index (χ1n) is 18.0. The van der Waals surface area contributed by atoms with Crippen LogP contribution in [0.5, 0.6) is 0 Å². The van der Waals surface area contributed by atoms with Crippen LogP contribution in [0, 0.1) is 11.3 Å². The van der Waals surface area contributed by atoms with E-state index in [0.717, 1.165) is 117 Å². The third kappa shape index (κ3) is 6.48. The molecule has 3 aliphatic heterocycles. The number of piperidine rings is 2. The van der Waals surface area contributed by atoms with Gasteiger partial charge in [-0.15, -0.1) is 0 Å². The van der Waals surface area contributed by atoms with Gasteiger partial charge in [0.15, 0.2) is 0 Å². The minimum atomic E-state index is -0.369. The predicted octanol–water partition coefficient (Wildman–Crippen LogP) is 4.66. The Morgan fingerprint density at radius 2 is 1.78 bits per heavy atom. The molecule has 3 N–H and O–H groups in total. The standard InChI is InChI=1S/C38H46N8O3/c1-38(2)13-10-27-32(22-38)42-43-35(27)31-20-25-6-7-26(21-30(25)39-31)37(49)46-14-11-24(12-15-46)23-44-16-18-45(19-17-44)33-5-3-4-29(40-33)28-8-9-34(47)41-36(28)48/h3-7,20-21,24,28,39H,8-19,22-23H2,1-2H3,(H,42,43)(H,41,47,48). The maximum Gasteiger partial charge on any atom is 0.253 e. The minimum Gasteiger partial charge on any atom is -0.354 e. The molecule has 49 heavy (non-hydrogen) atoms. The number of carbonyl (C=O) groups excluding carboxylic acids is 3. The summed E-state index contributed by atoms with van der Waals surface area (Å²) in [6.45, 7) is 10.9. The molecule has 4 aromatic rings. The summed E-state index contributed by atoms with van der Waals surface area (Å²) in [5.41, 5.74) is 7.33. The summed E-state index contributed by atoms with van der Waals surface area (Å²) in [7, 11) is 0. The summed E-state index contributed by atoms with van der Waals surface area (Å²) in [6.07, 6.45) is 6.08. The second-order valence-electron chi connectivity index (χ2n) is 15.3. The molecule has 11 nitrogen and oxygen atoms in total. The van der Waals surface area contributed by atoms with Gasteiger partial charge in [0.1, 0.15) is 11.5 Å². The van der Waals surface area contributed by atoms with Crippen LogP contribution in [0.4, 0.5) is 5.82 Å². The van der Waals surface area contributed by atoms with Gasteiger partial charge in [-0.1, -0.05) is 26.0 Å². The number of anilines is 1. The largest absolute Gasteiger partial charge is 0.354 e. The van der Waals surface area contributed by atoms with E-state index in [1.807, 2.05) is 35.2 Å². The number of hydrogen-bond acceptors (Lipinski definition) is 7. The predicted molar refractivity (Wildman–Crippen MR) is 188 cm³/mol. The molecule has 0 bridgehead atoms. The number of imide groups is 1. The first-order valence-corrected chi connectivity index (χ1v) is 18.0. The van der Waals surface area contributed by atoms with E-state index in [4.69, 9.17) is 4.98 Å². The van der Waals surface area contributed by atoms with Crippen LogP contribution in [0.2, 0.25) is 0 Å². The Morgan fingerprint density at radius 3 is 2.57 bits per heavy atom. The Labute approximate surface area is 286 Å². The summed E-state index contributed by atoms with van der Waals surface area (Å²) in [4.78, 5) is 52.8. The summed E-state index contributed by atoms with van der Waals surface area (Å²) < 4.78 is 0. The second-order valence-corrected chi connectivity index (χ2v) is 15.3. The lowest BCUT2D eigenvalue weighted by atomic mass is 9.76. The number of aromatic amines is 2. The molecule has 3 amide bonds. The van der Waals surface area contributed by atoms with Gasteiger partial charge < -0.3 is 14.8 Å². The molecule has 0 spiro atoms. The zero-order chi connectivity index (χ0) is 33.7. The van der Waals surface area contributed by atoms with E-state index in [-0.39, 0.29) is 23.6 Å². The molecule has 0 radical (unpaired) electrons. The molecule has 4 aliphatic rings. The number of H-pyrrole nitrogens is 2. The topological polar surface area (TPSA) is 130 Å². The molecule has 6 heterocycles. The molecule has 3 saturated heterocycles. The summed E-state index contributed by atoms with van der Waals surface area (Å²) >= 11 is 0. The van der Waals surface area contributed by atoms with Gasteiger partial charge in [0, 0.05) is 80.0 Å². The molecular weight excluding hydrogens is 616 g/mol. The second kappa shape index (κ2) is 12.7. The van der Waals surface area contributed by atoms with Crippen LogP contribution >= 0.6 is 0 Å². The van der Waals surface area contributed by atoms with Gasteiger partial charge in [0.2, 0.25) is 11.8 Å². The third-order valence-corrected chi connectivity index (χ3v) is 11.3. The number of fused-ring (bicyclic) bond motifs is 2. The smallest absolute Gasteiger partial charge is 0.253 e. The van der Waals surface area contributed by atoms with Crippen molar-refractivity contribution in [2.45, 2.75) is 64.7 Å². The van der Waals surface area contributed by atoms with Gasteiger partial charge in [0.05, 0.1) is 17.3 Å². The van der Waals surface area contributed by atoms with Crippen molar-refractivity contribution in [2.24, 2.45) is 11.3 Å². The van der Waals surface area contributed by atoms with Gasteiger partial charge in [0.25, 0.3) is 5.91 Å². The summed E-state index contributed by atoms with van der Waals surface area (Å²) in [6, 6.07) is 14.0. The zero-order valence-corrected chi connectivity index (χ0v) is 28.6. The Balaban J connectivity index is 0.833. The van der Waals surface area contributed by atoms with E-state index in [1.54, 1.807) is 0 Å². The fourth-order valence-corrected chi connectivity index (χ4v) is 8.27. The molecule has 0 saturated carbocycles. The van der Waals surface area contributed by atoms with Crippen molar-refractivity contribution >= 4 is 34.4 Å². The highest BCUT2D eigenvalue weighted by atomic mass is 16.2. The highest BCUT2D eigenvalue weighted by Gasteiger charge is 2.32. The fraction of sp³-hybridized carbons (Fsp3) is 0.500. The third-order valence-electron chi connectivity index (χ3n) is 11.3. The van der Waals surface area contributed by atoms with E-state index >= 15 is 0 Å². The normalized spacial score (nSPS) is 22.0. The molecule has 1 aliphatic carbocycles. The Morgan fingerprint density at radius 1 is 0.959 bits per heavy atom. The fourth-order valence-electron chi connectivity index (χ4n) is 8.27. The molecule has 8 rings (SSSR count). The van der Waals surface area contributed by atoms with Crippen LogP contribution in [0.25, 0.3) is 22.3 Å². The molecule has 256 valence electrons. The van der Waals surface area contributed by atoms with Crippen molar-refractivity contribution in [1.82, 2.24) is 35.3 Å². The number of likely N-dealkylation sites (tertiary alicyclic amines) is 1. The van der Waals surface area contributed by atoms with E-state index in [9.17, 15) is 14.4 Å². The van der Waals surface area contributed by atoms with Crippen LogP contribution < -0.4 is 10.2 Å². The maximum atomic E-state index is 13.6. The molecule has 1 aromatic carbocycles. The van der Waals surface area contributed by atoms with Gasteiger partial charge >= 0.3 is 0 Å². The number of pyridine rings is 1. The van der Waals surface area contributed by atoms with Gasteiger partial charge in [-0.2, -0.15) is 5.10 Å². The molecule has 3 fully saturated rings. The van der Waals surface area contributed by atoms with Crippen molar-refractivity contribution < 1.29 is 14.4 Å². The number of nitrogens with one attached hydrogen (secondary N) is 3. The maximum absolute atomic E-state index is 13.6. The minimum absolute atomic E-state index is 0.108. The lowest BCUT2D eigenvalue weighted by molar-refractivity contribution is -0.134. The van der Waals surface area contributed by atoms with E-state index in [0.29, 0.717) is 24.2 Å². The Hall–Kier alpha value is -4.51. The number of piperazine rings is 1. The van der Waals surface area contributed by atoms with Gasteiger partial charge in [-0.25, -0.2) is 4.98 Å². The zero-order valence-electron chi connectivity index (χ0n) is 28.6. The number of benzene rings is 1. The molecule has 1 atom stereocenters. The number of rotatable bonds is 6. The lowest BCUT2D eigenvalue weighted by Crippen LogP contribution is -2.49. The number of nitrogens with zero attached hydrogens (tertiary/aromatic N) is 5. The molecular formula is C38H46N8O3. The highest BCUT2D eigenvalue weighted by molar-refractivity contribution is 6.01. The van der Waals surface area contributed by atoms with Crippen molar-refractivity contribution in [2.75, 3.05) is 50.7 Å². The van der Waals surface area contributed by atoms with Crippen LogP contribution in [-0.2, 0) is 22.4 Å². The summed E-state index contributed by atoms with van der Waals surface area (Å²) in [5, 5.41) is 11.5. The van der Waals surface area contributed by atoms with Crippen molar-refractivity contribution in [1.29, 1.82) is 0 Å². The molecule has 1 unspecified atom stereocenters. The first kappa shape index (κ1) is 31.7. The van der Waals surface area contributed by atoms with Crippen molar-refractivity contribution in [3.8, 4) is 11.4 Å². The Bertz CT molecular complexity index is 1890. The quantitative estimate of drug-likeness (QED) is 0.256. The van der Waals surface area contributed by atoms with Crippen molar-refractivity contribution in [3.05, 3.63) is 65.0 Å². The van der Waals surface area contributed by atoms with E-state index in [2.05, 4.69) is 56.3 Å². The molecule has 11 heteroatoms. The number of amides is 3. The van der Waals surface area contributed by atoms with Crippen LogP contribution in [0.1, 0.15) is 79.2 Å². The van der Waals surface area contributed by atoms with Crippen LogP contribution in [0.3, 0.4) is 0 Å². The van der Waals surface area contributed by atoms with Crippen LogP contribution in [0.15, 0.2) is 42.5 Å². The monoisotopic (exact) mass is 662 g/mol. The summed E-state index contributed by atoms with van der Waals surface area (Å²) in [5.74, 6) is 0.752. The SMILES string of the molecule is CC1(C)CCc2c(-c3cc4ccc(C(=O)N5CCC(CN6CCN(c7cccc(C8CCC(=O)NC8=O)n7)CC6)CC5)cc4[nH]3)n[nH]c2C1. The number of aromatic nitrogens is 4. The number of carbonyl (C=O) groups is 3. The van der Waals surface area contributed by atoms with Crippen molar-refractivity contribution in [3.63, 3.8) is 0 Å². The van der Waals surface area contributed by atoms with E-state index in [1.165, 1.54) is 11.3 Å². The average Bonchev–Trinajstić information content (AvgIpc) is 3.71. The van der Waals surface area contributed by atoms with Gasteiger partial charge in [-0.3, -0.25) is 29.7 Å². The van der Waals surface area contributed by atoms with Gasteiger partial charge in [-0.05, 0) is 80.2 Å². The van der Waals surface area contributed by atoms with E-state index < -0.39 is 0 Å². The highest BCUT2D eigenvalue weighted by Crippen LogP contribution is 2.38. The Kier molecular flexibility index (Phi) is 8.26. The lowest BCUT2D eigenvalue weighted by Gasteiger charge is -2.39.